The molecule has 0 saturated carbocycles. The van der Waals surface area contributed by atoms with Gasteiger partial charge in [-0.3, -0.25) is 0 Å². The van der Waals surface area contributed by atoms with Crippen LogP contribution in [0, 0.1) is 0 Å². The SMILES string of the molecule is COc1ccc(C(O)c2ccccc2C(=O)O)cc1Br. The second-order valence-electron chi connectivity index (χ2n) is 4.19. The average Bonchev–Trinajstić information content (AvgIpc) is 2.46. The molecule has 0 aromatic heterocycles. The van der Waals surface area contributed by atoms with Crippen molar-refractivity contribution in [1.29, 1.82) is 0 Å². The van der Waals surface area contributed by atoms with Crippen LogP contribution in [0.3, 0.4) is 0 Å². The van der Waals surface area contributed by atoms with Gasteiger partial charge in [0.25, 0.3) is 0 Å². The molecule has 2 rings (SSSR count). The third kappa shape index (κ3) is 2.84. The van der Waals surface area contributed by atoms with Crippen molar-refractivity contribution in [2.75, 3.05) is 7.11 Å². The number of halogens is 1. The molecule has 0 saturated heterocycles. The molecule has 0 aliphatic heterocycles. The molecule has 1 atom stereocenters. The van der Waals surface area contributed by atoms with Gasteiger partial charge in [-0.1, -0.05) is 24.3 Å². The van der Waals surface area contributed by atoms with Gasteiger partial charge in [0.1, 0.15) is 11.9 Å². The highest BCUT2D eigenvalue weighted by molar-refractivity contribution is 9.10. The van der Waals surface area contributed by atoms with Crippen LogP contribution in [0.15, 0.2) is 46.9 Å². The van der Waals surface area contributed by atoms with Gasteiger partial charge in [-0.25, -0.2) is 4.79 Å². The summed E-state index contributed by atoms with van der Waals surface area (Å²) in [5.74, 6) is -0.417. The number of aliphatic hydroxyl groups excluding tert-OH is 1. The van der Waals surface area contributed by atoms with Crippen LogP contribution in [0.4, 0.5) is 0 Å². The van der Waals surface area contributed by atoms with Crippen molar-refractivity contribution in [2.45, 2.75) is 6.10 Å². The Bertz CT molecular complexity index is 640. The van der Waals surface area contributed by atoms with E-state index in [4.69, 9.17) is 9.84 Å². The number of hydrogen-bond donors (Lipinski definition) is 2. The van der Waals surface area contributed by atoms with Gasteiger partial charge in [0, 0.05) is 0 Å². The summed E-state index contributed by atoms with van der Waals surface area (Å²) in [6, 6.07) is 11.5. The molecule has 0 aliphatic carbocycles. The summed E-state index contributed by atoms with van der Waals surface area (Å²) in [4.78, 5) is 11.2. The molecule has 0 fully saturated rings. The lowest BCUT2D eigenvalue weighted by molar-refractivity contribution is 0.0691. The van der Waals surface area contributed by atoms with E-state index >= 15 is 0 Å². The van der Waals surface area contributed by atoms with E-state index in [2.05, 4.69) is 15.9 Å². The molecule has 0 aliphatic rings. The van der Waals surface area contributed by atoms with Crippen LogP contribution in [0.2, 0.25) is 0 Å². The van der Waals surface area contributed by atoms with E-state index in [0.29, 0.717) is 21.3 Å². The van der Waals surface area contributed by atoms with Crippen LogP contribution >= 0.6 is 15.9 Å². The van der Waals surface area contributed by atoms with Crippen LogP contribution in [0.25, 0.3) is 0 Å². The van der Waals surface area contributed by atoms with Gasteiger partial charge in [0.15, 0.2) is 0 Å². The van der Waals surface area contributed by atoms with E-state index in [1.165, 1.54) is 6.07 Å². The Hall–Kier alpha value is -1.85. The number of carboxylic acids is 1. The van der Waals surface area contributed by atoms with Gasteiger partial charge in [-0.2, -0.15) is 0 Å². The minimum atomic E-state index is -1.06. The van der Waals surface area contributed by atoms with Crippen molar-refractivity contribution in [3.63, 3.8) is 0 Å². The molecular formula is C15H13BrO4. The normalized spacial score (nSPS) is 11.9. The molecule has 0 heterocycles. The summed E-state index contributed by atoms with van der Waals surface area (Å²) >= 11 is 3.34. The number of benzene rings is 2. The van der Waals surface area contributed by atoms with Crippen LogP contribution in [0.1, 0.15) is 27.6 Å². The summed E-state index contributed by atoms with van der Waals surface area (Å²) in [6.45, 7) is 0. The van der Waals surface area contributed by atoms with Gasteiger partial charge < -0.3 is 14.9 Å². The molecule has 0 spiro atoms. The largest absolute Gasteiger partial charge is 0.496 e. The van der Waals surface area contributed by atoms with Crippen molar-refractivity contribution in [3.8, 4) is 5.75 Å². The fourth-order valence-electron chi connectivity index (χ4n) is 1.96. The van der Waals surface area contributed by atoms with Crippen LogP contribution in [0.5, 0.6) is 5.75 Å². The standard InChI is InChI=1S/C15H13BrO4/c1-20-13-7-6-9(8-12(13)16)14(17)10-4-2-3-5-11(10)15(18)19/h2-8,14,17H,1H3,(H,18,19). The summed E-state index contributed by atoms with van der Waals surface area (Å²) in [6.07, 6.45) is -1.01. The number of aliphatic hydroxyl groups is 1. The maximum Gasteiger partial charge on any atom is 0.336 e. The van der Waals surface area contributed by atoms with Crippen molar-refractivity contribution in [3.05, 3.63) is 63.6 Å². The Kier molecular flexibility index (Phi) is 4.42. The zero-order chi connectivity index (χ0) is 14.7. The third-order valence-corrected chi connectivity index (χ3v) is 3.60. The molecule has 0 radical (unpaired) electrons. The minimum Gasteiger partial charge on any atom is -0.496 e. The first kappa shape index (κ1) is 14.6. The quantitative estimate of drug-likeness (QED) is 0.899. The highest BCUT2D eigenvalue weighted by atomic mass is 79.9. The lowest BCUT2D eigenvalue weighted by Gasteiger charge is -2.15. The number of methoxy groups -OCH3 is 1. The molecule has 5 heteroatoms. The van der Waals surface area contributed by atoms with E-state index in [-0.39, 0.29) is 5.56 Å². The van der Waals surface area contributed by atoms with Gasteiger partial charge in [0.2, 0.25) is 0 Å². The van der Waals surface area contributed by atoms with Gasteiger partial charge >= 0.3 is 5.97 Å². The molecule has 0 amide bonds. The highest BCUT2D eigenvalue weighted by Gasteiger charge is 2.18. The molecule has 104 valence electrons. The fraction of sp³-hybridized carbons (Fsp3) is 0.133. The highest BCUT2D eigenvalue weighted by Crippen LogP contribution is 2.31. The Morgan fingerprint density at radius 3 is 2.55 bits per heavy atom. The topological polar surface area (TPSA) is 66.8 Å². The number of hydrogen-bond acceptors (Lipinski definition) is 3. The number of carbonyl (C=O) groups is 1. The van der Waals surface area contributed by atoms with Crippen molar-refractivity contribution in [2.24, 2.45) is 0 Å². The average molecular weight is 337 g/mol. The van der Waals surface area contributed by atoms with Crippen LogP contribution in [-0.4, -0.2) is 23.3 Å². The van der Waals surface area contributed by atoms with Crippen LogP contribution < -0.4 is 4.74 Å². The number of rotatable bonds is 4. The van der Waals surface area contributed by atoms with Gasteiger partial charge in [0.05, 0.1) is 17.1 Å². The number of ether oxygens (including phenoxy) is 1. The number of carboxylic acid groups (broad SMARTS) is 1. The first-order valence-corrected chi connectivity index (χ1v) is 6.67. The predicted molar refractivity (Wildman–Crippen MR) is 78.2 cm³/mol. The van der Waals surface area contributed by atoms with Gasteiger partial charge in [-0.05, 0) is 45.3 Å². The Morgan fingerprint density at radius 2 is 1.95 bits per heavy atom. The lowest BCUT2D eigenvalue weighted by Crippen LogP contribution is -2.08. The molecule has 2 aromatic rings. The lowest BCUT2D eigenvalue weighted by atomic mass is 9.97. The maximum absolute atomic E-state index is 11.2. The number of aromatic carboxylic acids is 1. The summed E-state index contributed by atoms with van der Waals surface area (Å²) in [7, 11) is 1.55. The molecule has 4 nitrogen and oxygen atoms in total. The third-order valence-electron chi connectivity index (χ3n) is 2.98. The monoisotopic (exact) mass is 336 g/mol. The summed E-state index contributed by atoms with van der Waals surface area (Å²) in [5, 5.41) is 19.5. The molecule has 20 heavy (non-hydrogen) atoms. The zero-order valence-electron chi connectivity index (χ0n) is 10.7. The van der Waals surface area contributed by atoms with Crippen molar-refractivity contribution < 1.29 is 19.7 Å². The van der Waals surface area contributed by atoms with Crippen molar-refractivity contribution in [1.82, 2.24) is 0 Å². The van der Waals surface area contributed by atoms with Crippen LogP contribution in [-0.2, 0) is 0 Å². The Morgan fingerprint density at radius 1 is 1.25 bits per heavy atom. The summed E-state index contributed by atoms with van der Waals surface area (Å²) < 4.78 is 5.82. The van der Waals surface area contributed by atoms with Crippen molar-refractivity contribution >= 4 is 21.9 Å². The second-order valence-corrected chi connectivity index (χ2v) is 5.04. The van der Waals surface area contributed by atoms with E-state index < -0.39 is 12.1 Å². The Balaban J connectivity index is 2.44. The molecule has 2 N–H and O–H groups in total. The predicted octanol–water partition coefficient (Wildman–Crippen LogP) is 3.24. The second kappa shape index (κ2) is 6.07. The molecule has 1 unspecified atom stereocenters. The smallest absolute Gasteiger partial charge is 0.336 e. The maximum atomic E-state index is 11.2. The Labute approximate surface area is 124 Å². The molecule has 2 aromatic carbocycles. The van der Waals surface area contributed by atoms with E-state index in [1.807, 2.05) is 0 Å². The fourth-order valence-corrected chi connectivity index (χ4v) is 2.52. The van der Waals surface area contributed by atoms with Gasteiger partial charge in [-0.15, -0.1) is 0 Å². The van der Waals surface area contributed by atoms with E-state index in [1.54, 1.807) is 43.5 Å². The first-order chi connectivity index (χ1) is 9.54. The summed E-state index contributed by atoms with van der Waals surface area (Å²) in [5.41, 5.74) is 1.04. The molecular weight excluding hydrogens is 324 g/mol. The van der Waals surface area contributed by atoms with E-state index in [0.717, 1.165) is 0 Å². The minimum absolute atomic E-state index is 0.0898. The zero-order valence-corrected chi connectivity index (χ0v) is 12.3. The van der Waals surface area contributed by atoms with E-state index in [9.17, 15) is 9.90 Å². The molecule has 0 bridgehead atoms. The first-order valence-electron chi connectivity index (χ1n) is 5.88.